The third-order valence-corrected chi connectivity index (χ3v) is 5.14. The van der Waals surface area contributed by atoms with E-state index < -0.39 is 21.6 Å². The van der Waals surface area contributed by atoms with Crippen molar-refractivity contribution < 1.29 is 22.3 Å². The molecular formula is C13H17FN2O4S. The zero-order valence-corrected chi connectivity index (χ0v) is 12.5. The quantitative estimate of drug-likeness (QED) is 0.642. The molecule has 1 heterocycles. The van der Waals surface area contributed by atoms with Gasteiger partial charge in [-0.25, -0.2) is 17.6 Å². The molecule has 1 aromatic carbocycles. The number of carbonyl (C=O) groups is 1. The number of sulfone groups is 1. The Morgan fingerprint density at radius 1 is 1.33 bits per heavy atom. The van der Waals surface area contributed by atoms with E-state index >= 15 is 0 Å². The highest BCUT2D eigenvalue weighted by Gasteiger charge is 2.23. The molecule has 1 fully saturated rings. The number of nitrogens with zero attached hydrogens (tertiary/aromatic N) is 1. The number of carbonyl (C=O) groups excluding carboxylic acids is 1. The van der Waals surface area contributed by atoms with Crippen LogP contribution in [0.15, 0.2) is 12.1 Å². The van der Waals surface area contributed by atoms with Crippen LogP contribution in [0.4, 0.5) is 15.8 Å². The fourth-order valence-corrected chi connectivity index (χ4v) is 3.56. The van der Waals surface area contributed by atoms with E-state index in [1.54, 1.807) is 4.90 Å². The molecular weight excluding hydrogens is 299 g/mol. The maximum absolute atomic E-state index is 14.1. The van der Waals surface area contributed by atoms with Crippen LogP contribution in [-0.4, -0.2) is 46.1 Å². The van der Waals surface area contributed by atoms with Crippen molar-refractivity contribution in [1.82, 2.24) is 0 Å². The van der Waals surface area contributed by atoms with Crippen LogP contribution in [0.3, 0.4) is 0 Å². The van der Waals surface area contributed by atoms with Crippen molar-refractivity contribution in [3.05, 3.63) is 23.5 Å². The smallest absolute Gasteiger partial charge is 0.340 e. The van der Waals surface area contributed by atoms with E-state index in [1.807, 2.05) is 0 Å². The highest BCUT2D eigenvalue weighted by molar-refractivity contribution is 7.91. The molecule has 2 rings (SSSR count). The molecule has 0 bridgehead atoms. The standard InChI is InChI=1S/C13H17FN2O4S/c1-20-13(17)9-7-12(10(14)8-11(9)15)16-3-2-5-21(18,19)6-4-16/h7-8H,2-6,15H2,1H3. The number of hydrogen-bond donors (Lipinski definition) is 1. The van der Waals surface area contributed by atoms with Crippen LogP contribution in [0.25, 0.3) is 0 Å². The minimum atomic E-state index is -3.09. The predicted octanol–water partition coefficient (Wildman–Crippen LogP) is 0.819. The number of nitrogen functional groups attached to an aromatic ring is 1. The van der Waals surface area contributed by atoms with E-state index in [9.17, 15) is 17.6 Å². The van der Waals surface area contributed by atoms with Crippen LogP contribution in [-0.2, 0) is 14.6 Å². The van der Waals surface area contributed by atoms with Crippen LogP contribution < -0.4 is 10.6 Å². The van der Waals surface area contributed by atoms with Gasteiger partial charge in [0.15, 0.2) is 9.84 Å². The van der Waals surface area contributed by atoms with Gasteiger partial charge in [-0.2, -0.15) is 0 Å². The lowest BCUT2D eigenvalue weighted by molar-refractivity contribution is 0.0602. The van der Waals surface area contributed by atoms with Gasteiger partial charge >= 0.3 is 5.97 Å². The molecule has 0 amide bonds. The van der Waals surface area contributed by atoms with Crippen molar-refractivity contribution in [2.45, 2.75) is 6.42 Å². The number of nitrogens with two attached hydrogens (primary N) is 1. The zero-order chi connectivity index (χ0) is 15.6. The molecule has 0 aromatic heterocycles. The van der Waals surface area contributed by atoms with Crippen molar-refractivity contribution in [1.29, 1.82) is 0 Å². The number of esters is 1. The number of anilines is 2. The molecule has 0 spiro atoms. The largest absolute Gasteiger partial charge is 0.465 e. The van der Waals surface area contributed by atoms with Crippen LogP contribution in [0.1, 0.15) is 16.8 Å². The second kappa shape index (κ2) is 5.88. The Hall–Kier alpha value is -1.83. The van der Waals surface area contributed by atoms with Gasteiger partial charge < -0.3 is 15.4 Å². The average molecular weight is 316 g/mol. The van der Waals surface area contributed by atoms with E-state index in [0.717, 1.165) is 6.07 Å². The van der Waals surface area contributed by atoms with Crippen molar-refractivity contribution in [3.8, 4) is 0 Å². The lowest BCUT2D eigenvalue weighted by Crippen LogP contribution is -2.28. The van der Waals surface area contributed by atoms with Gasteiger partial charge in [0.1, 0.15) is 5.82 Å². The summed E-state index contributed by atoms with van der Waals surface area (Å²) >= 11 is 0. The topological polar surface area (TPSA) is 89.7 Å². The third-order valence-electron chi connectivity index (χ3n) is 3.42. The minimum absolute atomic E-state index is 0.00876. The first-order valence-electron chi connectivity index (χ1n) is 6.47. The second-order valence-corrected chi connectivity index (χ2v) is 7.18. The number of hydrogen-bond acceptors (Lipinski definition) is 6. The summed E-state index contributed by atoms with van der Waals surface area (Å²) in [7, 11) is -1.88. The highest BCUT2D eigenvalue weighted by atomic mass is 32.2. The van der Waals surface area contributed by atoms with Gasteiger partial charge in [0.25, 0.3) is 0 Å². The number of rotatable bonds is 2. The summed E-state index contributed by atoms with van der Waals surface area (Å²) in [5.74, 6) is -1.19. The maximum Gasteiger partial charge on any atom is 0.340 e. The van der Waals surface area contributed by atoms with Gasteiger partial charge in [-0.15, -0.1) is 0 Å². The van der Waals surface area contributed by atoms with E-state index in [-0.39, 0.29) is 35.0 Å². The molecule has 0 atom stereocenters. The number of ether oxygens (including phenoxy) is 1. The van der Waals surface area contributed by atoms with Crippen LogP contribution in [0, 0.1) is 5.82 Å². The number of halogens is 1. The first kappa shape index (κ1) is 15.6. The summed E-state index contributed by atoms with van der Waals surface area (Å²) in [6, 6.07) is 2.37. The molecule has 21 heavy (non-hydrogen) atoms. The van der Waals surface area contributed by atoms with E-state index in [1.165, 1.54) is 13.2 Å². The Labute approximate surface area is 122 Å². The SMILES string of the molecule is COC(=O)c1cc(N2CCCS(=O)(=O)CC2)c(F)cc1N. The monoisotopic (exact) mass is 316 g/mol. The minimum Gasteiger partial charge on any atom is -0.465 e. The first-order chi connectivity index (χ1) is 9.84. The lowest BCUT2D eigenvalue weighted by Gasteiger charge is -2.23. The molecule has 0 saturated carbocycles. The average Bonchev–Trinajstić information content (AvgIpc) is 2.59. The zero-order valence-electron chi connectivity index (χ0n) is 11.6. The van der Waals surface area contributed by atoms with E-state index in [0.29, 0.717) is 13.0 Å². The van der Waals surface area contributed by atoms with Gasteiger partial charge in [0.05, 0.1) is 29.9 Å². The van der Waals surface area contributed by atoms with Gasteiger partial charge in [-0.1, -0.05) is 0 Å². The Morgan fingerprint density at radius 3 is 2.71 bits per heavy atom. The molecule has 1 saturated heterocycles. The summed E-state index contributed by atoms with van der Waals surface area (Å²) in [6.07, 6.45) is 0.416. The molecule has 6 nitrogen and oxygen atoms in total. The van der Waals surface area contributed by atoms with Crippen molar-refractivity contribution in [3.63, 3.8) is 0 Å². The van der Waals surface area contributed by atoms with Crippen molar-refractivity contribution in [2.24, 2.45) is 0 Å². The first-order valence-corrected chi connectivity index (χ1v) is 8.29. The molecule has 1 aliphatic heterocycles. The summed E-state index contributed by atoms with van der Waals surface area (Å²) < 4.78 is 41.9. The molecule has 0 unspecified atom stereocenters. The molecule has 8 heteroatoms. The number of benzene rings is 1. The molecule has 116 valence electrons. The molecule has 0 aliphatic carbocycles. The molecule has 2 N–H and O–H groups in total. The van der Waals surface area contributed by atoms with Gasteiger partial charge in [0, 0.05) is 18.8 Å². The predicted molar refractivity (Wildman–Crippen MR) is 77.6 cm³/mol. The Morgan fingerprint density at radius 2 is 2.05 bits per heavy atom. The van der Waals surface area contributed by atoms with Crippen molar-refractivity contribution in [2.75, 3.05) is 42.3 Å². The van der Waals surface area contributed by atoms with Gasteiger partial charge in [0.2, 0.25) is 0 Å². The Bertz CT molecular complexity index is 660. The Balaban J connectivity index is 2.37. The van der Waals surface area contributed by atoms with Crippen molar-refractivity contribution >= 4 is 27.2 Å². The Kier molecular flexibility index (Phi) is 4.36. The highest BCUT2D eigenvalue weighted by Crippen LogP contribution is 2.27. The maximum atomic E-state index is 14.1. The van der Waals surface area contributed by atoms with Crippen LogP contribution in [0.5, 0.6) is 0 Å². The normalized spacial score (nSPS) is 18.1. The molecule has 1 aromatic rings. The third kappa shape index (κ3) is 3.44. The fraction of sp³-hybridized carbons (Fsp3) is 0.462. The fourth-order valence-electron chi connectivity index (χ4n) is 2.29. The number of methoxy groups -OCH3 is 1. The van der Waals surface area contributed by atoms with E-state index in [2.05, 4.69) is 4.74 Å². The second-order valence-electron chi connectivity index (χ2n) is 4.87. The summed E-state index contributed by atoms with van der Waals surface area (Å²) in [6.45, 7) is 0.588. The summed E-state index contributed by atoms with van der Waals surface area (Å²) in [5, 5.41) is 0. The van der Waals surface area contributed by atoms with Gasteiger partial charge in [-0.05, 0) is 18.6 Å². The summed E-state index contributed by atoms with van der Waals surface area (Å²) in [4.78, 5) is 13.2. The summed E-state index contributed by atoms with van der Waals surface area (Å²) in [5.41, 5.74) is 5.84. The van der Waals surface area contributed by atoms with Crippen LogP contribution in [0.2, 0.25) is 0 Å². The molecule has 0 radical (unpaired) electrons. The lowest BCUT2D eigenvalue weighted by atomic mass is 10.1. The molecule has 1 aliphatic rings. The van der Waals surface area contributed by atoms with E-state index in [4.69, 9.17) is 5.73 Å². The van der Waals surface area contributed by atoms with Crippen LogP contribution >= 0.6 is 0 Å². The van der Waals surface area contributed by atoms with Gasteiger partial charge in [-0.3, -0.25) is 0 Å².